The number of unbranched alkanes of at least 4 members (excludes halogenated alkanes) is 11. The van der Waals surface area contributed by atoms with Crippen LogP contribution in [-0.4, -0.2) is 18.9 Å². The average Bonchev–Trinajstić information content (AvgIpc) is 2.97. The summed E-state index contributed by atoms with van der Waals surface area (Å²) in [5.41, 5.74) is 0. The smallest absolute Gasteiger partial charge is 0.333 e. The number of carbonyl (C=O) groups excluding carboxylic acids is 1. The number of ether oxygens (including phenoxy) is 2. The van der Waals surface area contributed by atoms with Gasteiger partial charge in [0.1, 0.15) is 0 Å². The molecule has 1 heterocycles. The van der Waals surface area contributed by atoms with E-state index >= 15 is 0 Å². The summed E-state index contributed by atoms with van der Waals surface area (Å²) in [6.45, 7) is 2.09. The van der Waals surface area contributed by atoms with Gasteiger partial charge in [0.05, 0.1) is 0 Å². The lowest BCUT2D eigenvalue weighted by Crippen LogP contribution is -2.30. The van der Waals surface area contributed by atoms with Crippen LogP contribution in [0.15, 0.2) is 24.3 Å². The van der Waals surface area contributed by atoms with Gasteiger partial charge >= 0.3 is 5.97 Å². The minimum Gasteiger partial charge on any atom is -0.426 e. The molecule has 138 valence electrons. The molecule has 0 saturated heterocycles. The molecule has 3 heteroatoms. The lowest BCUT2D eigenvalue weighted by molar-refractivity contribution is -0.190. The maximum Gasteiger partial charge on any atom is 0.333 e. The van der Waals surface area contributed by atoms with E-state index < -0.39 is 5.79 Å². The summed E-state index contributed by atoms with van der Waals surface area (Å²) >= 11 is 0. The first-order chi connectivity index (χ1) is 11.7. The molecule has 24 heavy (non-hydrogen) atoms. The van der Waals surface area contributed by atoms with Gasteiger partial charge in [-0.2, -0.15) is 0 Å². The minimum atomic E-state index is -0.788. The molecule has 0 fully saturated rings. The summed E-state index contributed by atoms with van der Waals surface area (Å²) in [7, 11) is 1.60. The molecule has 0 amide bonds. The third kappa shape index (κ3) is 9.27. The predicted octanol–water partition coefficient (Wildman–Crippen LogP) is 6.09. The Morgan fingerprint density at radius 1 is 0.958 bits per heavy atom. The van der Waals surface area contributed by atoms with Gasteiger partial charge in [-0.05, 0) is 32.3 Å². The van der Waals surface area contributed by atoms with E-state index in [1.54, 1.807) is 13.2 Å². The van der Waals surface area contributed by atoms with Crippen molar-refractivity contribution in [3.63, 3.8) is 0 Å². The van der Waals surface area contributed by atoms with Gasteiger partial charge in [-0.1, -0.05) is 69.9 Å². The summed E-state index contributed by atoms with van der Waals surface area (Å²) in [5.74, 6) is -1.08. The summed E-state index contributed by atoms with van der Waals surface area (Å²) in [5, 5.41) is 0. The van der Waals surface area contributed by atoms with E-state index in [0.717, 1.165) is 12.8 Å². The molecule has 1 atom stereocenters. The van der Waals surface area contributed by atoms with Crippen molar-refractivity contribution in [2.45, 2.75) is 96.2 Å². The number of methoxy groups -OCH3 is 1. The quantitative estimate of drug-likeness (QED) is 0.206. The maximum absolute atomic E-state index is 11.2. The Morgan fingerprint density at radius 3 is 1.96 bits per heavy atom. The topological polar surface area (TPSA) is 35.5 Å². The molecule has 1 rings (SSSR count). The Hall–Kier alpha value is -1.09. The predicted molar refractivity (Wildman–Crippen MR) is 99.8 cm³/mol. The van der Waals surface area contributed by atoms with Crippen LogP contribution >= 0.6 is 0 Å². The largest absolute Gasteiger partial charge is 0.426 e. The fraction of sp³-hybridized carbons (Fsp3) is 0.762. The van der Waals surface area contributed by atoms with E-state index in [0.29, 0.717) is 0 Å². The SMILES string of the molecule is C/C=C/CCCCCCCCCCCCCC1(OC)C=CC(=O)O1. The number of rotatable bonds is 15. The van der Waals surface area contributed by atoms with E-state index in [9.17, 15) is 4.79 Å². The highest BCUT2D eigenvalue weighted by molar-refractivity contribution is 5.84. The molecule has 0 N–H and O–H groups in total. The van der Waals surface area contributed by atoms with Crippen LogP contribution in [0.5, 0.6) is 0 Å². The van der Waals surface area contributed by atoms with Crippen LogP contribution in [-0.2, 0) is 14.3 Å². The zero-order chi connectivity index (χ0) is 17.5. The Labute approximate surface area is 148 Å². The van der Waals surface area contributed by atoms with Gasteiger partial charge in [0.15, 0.2) is 0 Å². The van der Waals surface area contributed by atoms with Gasteiger partial charge in [0.2, 0.25) is 5.79 Å². The summed E-state index contributed by atoms with van der Waals surface area (Å²) in [6, 6.07) is 0. The highest BCUT2D eigenvalue weighted by atomic mass is 16.7. The summed E-state index contributed by atoms with van der Waals surface area (Å²) in [6.07, 6.45) is 24.0. The third-order valence-corrected chi connectivity index (χ3v) is 4.72. The number of hydrogen-bond acceptors (Lipinski definition) is 3. The number of allylic oxidation sites excluding steroid dienone is 2. The average molecular weight is 337 g/mol. The van der Waals surface area contributed by atoms with Crippen molar-refractivity contribution >= 4 is 5.97 Å². The normalized spacial score (nSPS) is 20.2. The number of carbonyl (C=O) groups is 1. The Morgan fingerprint density at radius 2 is 1.50 bits per heavy atom. The van der Waals surface area contributed by atoms with Gasteiger partial charge in [-0.25, -0.2) is 4.79 Å². The van der Waals surface area contributed by atoms with Gasteiger partial charge in [-0.3, -0.25) is 0 Å². The van der Waals surface area contributed by atoms with Gasteiger partial charge in [0, 0.05) is 19.6 Å². The molecular formula is C21H36O3. The molecule has 0 radical (unpaired) electrons. The van der Waals surface area contributed by atoms with Gasteiger partial charge in [-0.15, -0.1) is 0 Å². The third-order valence-electron chi connectivity index (χ3n) is 4.72. The van der Waals surface area contributed by atoms with Crippen LogP contribution < -0.4 is 0 Å². The molecule has 0 saturated carbocycles. The van der Waals surface area contributed by atoms with Crippen LogP contribution in [0, 0.1) is 0 Å². The second kappa shape index (κ2) is 13.2. The summed E-state index contributed by atoms with van der Waals surface area (Å²) < 4.78 is 10.6. The van der Waals surface area contributed by atoms with Gasteiger partial charge in [0.25, 0.3) is 0 Å². The highest BCUT2D eigenvalue weighted by Gasteiger charge is 2.34. The number of esters is 1. The van der Waals surface area contributed by atoms with Crippen LogP contribution in [0.1, 0.15) is 90.4 Å². The standard InChI is InChI=1S/C21H36O3/c1-3-4-5-6-7-8-9-10-11-12-13-14-15-16-18-21(23-2)19-17-20(22)24-21/h3-4,17,19H,5-16,18H2,1-2H3/b4-3+. The summed E-state index contributed by atoms with van der Waals surface area (Å²) in [4.78, 5) is 11.2. The zero-order valence-electron chi connectivity index (χ0n) is 15.7. The Kier molecular flexibility index (Phi) is 11.5. The molecule has 0 aliphatic carbocycles. The maximum atomic E-state index is 11.2. The molecule has 0 aromatic heterocycles. The Bertz CT molecular complexity index is 387. The molecule has 1 aliphatic heterocycles. The Balaban J connectivity index is 1.84. The molecular weight excluding hydrogens is 300 g/mol. The molecule has 0 aromatic carbocycles. The molecule has 0 bridgehead atoms. The molecule has 0 aromatic rings. The molecule has 0 spiro atoms. The molecule has 1 aliphatic rings. The van der Waals surface area contributed by atoms with Gasteiger partial charge < -0.3 is 9.47 Å². The monoisotopic (exact) mass is 336 g/mol. The van der Waals surface area contributed by atoms with E-state index in [1.807, 2.05) is 0 Å². The lowest BCUT2D eigenvalue weighted by atomic mass is 10.0. The van der Waals surface area contributed by atoms with Crippen LogP contribution in [0.3, 0.4) is 0 Å². The molecule has 1 unspecified atom stereocenters. The molecule has 3 nitrogen and oxygen atoms in total. The second-order valence-corrected chi connectivity index (χ2v) is 6.77. The van der Waals surface area contributed by atoms with Crippen molar-refractivity contribution in [3.05, 3.63) is 24.3 Å². The minimum absolute atomic E-state index is 0.293. The van der Waals surface area contributed by atoms with Crippen molar-refractivity contribution in [1.82, 2.24) is 0 Å². The number of hydrogen-bond donors (Lipinski definition) is 0. The first-order valence-electron chi connectivity index (χ1n) is 9.81. The highest BCUT2D eigenvalue weighted by Crippen LogP contribution is 2.27. The van der Waals surface area contributed by atoms with E-state index in [4.69, 9.17) is 9.47 Å². The second-order valence-electron chi connectivity index (χ2n) is 6.77. The van der Waals surface area contributed by atoms with Crippen LogP contribution in [0.2, 0.25) is 0 Å². The van der Waals surface area contributed by atoms with Crippen LogP contribution in [0.4, 0.5) is 0 Å². The van der Waals surface area contributed by atoms with Crippen LogP contribution in [0.25, 0.3) is 0 Å². The fourth-order valence-electron chi connectivity index (χ4n) is 3.17. The number of cyclic esters (lactones) is 1. The fourth-order valence-corrected chi connectivity index (χ4v) is 3.17. The first-order valence-corrected chi connectivity index (χ1v) is 9.81. The first kappa shape index (κ1) is 21.0. The van der Waals surface area contributed by atoms with Crippen molar-refractivity contribution in [1.29, 1.82) is 0 Å². The lowest BCUT2D eigenvalue weighted by Gasteiger charge is -2.24. The van der Waals surface area contributed by atoms with E-state index in [-0.39, 0.29) is 5.97 Å². The van der Waals surface area contributed by atoms with Crippen molar-refractivity contribution < 1.29 is 14.3 Å². The zero-order valence-corrected chi connectivity index (χ0v) is 15.7. The van der Waals surface area contributed by atoms with E-state index in [2.05, 4.69) is 19.1 Å². The van der Waals surface area contributed by atoms with E-state index in [1.165, 1.54) is 76.7 Å². The van der Waals surface area contributed by atoms with Crippen molar-refractivity contribution in [2.75, 3.05) is 7.11 Å². The van der Waals surface area contributed by atoms with Crippen molar-refractivity contribution in [2.24, 2.45) is 0 Å². The van der Waals surface area contributed by atoms with Crippen molar-refractivity contribution in [3.8, 4) is 0 Å².